The summed E-state index contributed by atoms with van der Waals surface area (Å²) in [5.74, 6) is -1.81. The molecule has 42 heavy (non-hydrogen) atoms. The van der Waals surface area contributed by atoms with Gasteiger partial charge in [-0.1, -0.05) is 61.2 Å². The van der Waals surface area contributed by atoms with Crippen LogP contribution in [0.5, 0.6) is 5.75 Å². The van der Waals surface area contributed by atoms with Crippen LogP contribution in [0.1, 0.15) is 27.9 Å². The molecule has 0 fully saturated rings. The Kier molecular flexibility index (Phi) is 11.4. The number of aliphatic carboxylic acids is 1. The molecule has 0 saturated carbocycles. The van der Waals surface area contributed by atoms with Crippen LogP contribution in [0.25, 0.3) is 11.1 Å². The van der Waals surface area contributed by atoms with Crippen molar-refractivity contribution in [1.82, 2.24) is 16.0 Å². The molecule has 0 heterocycles. The van der Waals surface area contributed by atoms with Crippen molar-refractivity contribution in [2.45, 2.75) is 18.9 Å². The van der Waals surface area contributed by atoms with E-state index in [1.807, 2.05) is 12.1 Å². The van der Waals surface area contributed by atoms with Crippen LogP contribution in [0.15, 0.2) is 85.5 Å². The second kappa shape index (κ2) is 15.4. The molecule has 3 aromatic carbocycles. The van der Waals surface area contributed by atoms with E-state index in [1.54, 1.807) is 67.8 Å². The Morgan fingerprint density at radius 1 is 0.929 bits per heavy atom. The molecule has 5 N–H and O–H groups in total. The van der Waals surface area contributed by atoms with E-state index in [-0.39, 0.29) is 24.6 Å². The molecule has 3 amide bonds. The molecule has 218 valence electrons. The minimum absolute atomic E-state index is 0.0326. The Hall–Kier alpha value is -5.45. The van der Waals surface area contributed by atoms with E-state index in [4.69, 9.17) is 14.9 Å². The highest BCUT2D eigenvalue weighted by Gasteiger charge is 2.24. The van der Waals surface area contributed by atoms with Crippen LogP contribution in [0, 0.1) is 5.41 Å². The van der Waals surface area contributed by atoms with Gasteiger partial charge in [0.15, 0.2) is 0 Å². The third-order valence-electron chi connectivity index (χ3n) is 6.09. The van der Waals surface area contributed by atoms with Crippen LogP contribution in [-0.4, -0.2) is 61.1 Å². The first-order valence-corrected chi connectivity index (χ1v) is 13.0. The van der Waals surface area contributed by atoms with Gasteiger partial charge < -0.3 is 25.2 Å². The van der Waals surface area contributed by atoms with Crippen LogP contribution in [0.3, 0.4) is 0 Å². The predicted octanol–water partition coefficient (Wildman–Crippen LogP) is 3.53. The summed E-state index contributed by atoms with van der Waals surface area (Å²) in [6.07, 6.45) is 0.617. The minimum atomic E-state index is -1.25. The highest BCUT2D eigenvalue weighted by molar-refractivity contribution is 6.04. The number of benzene rings is 3. The van der Waals surface area contributed by atoms with Crippen molar-refractivity contribution < 1.29 is 33.8 Å². The van der Waals surface area contributed by atoms with E-state index >= 15 is 0 Å². The zero-order valence-electron chi connectivity index (χ0n) is 23.0. The molecule has 1 atom stereocenters. The first-order chi connectivity index (χ1) is 20.2. The second-order valence-electron chi connectivity index (χ2n) is 9.05. The lowest BCUT2D eigenvalue weighted by Crippen LogP contribution is -2.48. The van der Waals surface area contributed by atoms with Gasteiger partial charge >= 0.3 is 12.1 Å². The number of carboxylic acids is 1. The molecule has 1 unspecified atom stereocenters. The summed E-state index contributed by atoms with van der Waals surface area (Å²) in [4.78, 5) is 48.5. The fourth-order valence-electron chi connectivity index (χ4n) is 3.86. The predicted molar refractivity (Wildman–Crippen MR) is 157 cm³/mol. The number of nitrogens with one attached hydrogen (secondary N) is 4. The molecule has 3 aromatic rings. The van der Waals surface area contributed by atoms with Gasteiger partial charge in [0.25, 0.3) is 5.91 Å². The molecule has 0 spiro atoms. The van der Waals surface area contributed by atoms with E-state index in [9.17, 15) is 24.3 Å². The van der Waals surface area contributed by atoms with Gasteiger partial charge in [0, 0.05) is 17.7 Å². The number of rotatable bonds is 13. The van der Waals surface area contributed by atoms with Crippen LogP contribution in [0.2, 0.25) is 0 Å². The number of alkyl carbamates (subject to hydrolysis) is 1. The molecule has 0 saturated heterocycles. The van der Waals surface area contributed by atoms with Gasteiger partial charge in [-0.2, -0.15) is 0 Å². The maximum atomic E-state index is 12.8. The Morgan fingerprint density at radius 2 is 1.52 bits per heavy atom. The SMILES string of the molecule is C=CCOC(=O)NC(=N)c1ccc(-c2ccc(C(=O)NC(CC(=O)O)C(=O)NCCc3ccc(OC)cc3)cc2)cc1. The highest BCUT2D eigenvalue weighted by Crippen LogP contribution is 2.21. The zero-order chi connectivity index (χ0) is 30.5. The molecule has 0 aliphatic rings. The monoisotopic (exact) mass is 572 g/mol. The minimum Gasteiger partial charge on any atom is -0.497 e. The normalized spacial score (nSPS) is 11.0. The molecule has 11 nitrogen and oxygen atoms in total. The maximum Gasteiger partial charge on any atom is 0.413 e. The molecule has 0 aromatic heterocycles. The average molecular weight is 573 g/mol. The molecular formula is C31H32N4O7. The molecular weight excluding hydrogens is 540 g/mol. The van der Waals surface area contributed by atoms with Gasteiger partial charge in [-0.3, -0.25) is 25.1 Å². The van der Waals surface area contributed by atoms with Crippen molar-refractivity contribution in [3.8, 4) is 16.9 Å². The summed E-state index contributed by atoms with van der Waals surface area (Å²) in [7, 11) is 1.57. The Morgan fingerprint density at radius 3 is 2.07 bits per heavy atom. The summed E-state index contributed by atoms with van der Waals surface area (Å²) in [6, 6.07) is 19.5. The fourth-order valence-corrected chi connectivity index (χ4v) is 3.86. The molecule has 0 aliphatic carbocycles. The fraction of sp³-hybridized carbons (Fsp3) is 0.194. The molecule has 0 radical (unpaired) electrons. The topological polar surface area (TPSA) is 167 Å². The lowest BCUT2D eigenvalue weighted by Gasteiger charge is -2.17. The van der Waals surface area contributed by atoms with Gasteiger partial charge in [-0.15, -0.1) is 0 Å². The number of carbonyl (C=O) groups excluding carboxylic acids is 3. The number of amides is 3. The highest BCUT2D eigenvalue weighted by atomic mass is 16.5. The summed E-state index contributed by atoms with van der Waals surface area (Å²) in [5.41, 5.74) is 3.26. The largest absolute Gasteiger partial charge is 0.497 e. The van der Waals surface area contributed by atoms with Gasteiger partial charge in [0.2, 0.25) is 5.91 Å². The summed E-state index contributed by atoms with van der Waals surface area (Å²) in [6.45, 7) is 3.75. The third kappa shape index (κ3) is 9.33. The van der Waals surface area contributed by atoms with E-state index in [0.29, 0.717) is 17.7 Å². The molecule has 0 bridgehead atoms. The summed E-state index contributed by atoms with van der Waals surface area (Å²) < 4.78 is 9.93. The first-order valence-electron chi connectivity index (χ1n) is 13.0. The lowest BCUT2D eigenvalue weighted by atomic mass is 10.0. The van der Waals surface area contributed by atoms with Crippen molar-refractivity contribution in [1.29, 1.82) is 5.41 Å². The van der Waals surface area contributed by atoms with Crippen molar-refractivity contribution in [2.24, 2.45) is 0 Å². The van der Waals surface area contributed by atoms with Crippen LogP contribution < -0.4 is 20.7 Å². The Labute approximate surface area is 243 Å². The van der Waals surface area contributed by atoms with E-state index in [1.165, 1.54) is 6.08 Å². The van der Waals surface area contributed by atoms with Crippen LogP contribution in [0.4, 0.5) is 4.79 Å². The van der Waals surface area contributed by atoms with Crippen LogP contribution in [-0.2, 0) is 20.7 Å². The lowest BCUT2D eigenvalue weighted by molar-refractivity contribution is -0.139. The van der Waals surface area contributed by atoms with Gasteiger partial charge in [0.05, 0.1) is 13.5 Å². The Balaban J connectivity index is 1.57. The molecule has 0 aliphatic heterocycles. The average Bonchev–Trinajstić information content (AvgIpc) is 2.99. The van der Waals surface area contributed by atoms with E-state index in [2.05, 4.69) is 22.5 Å². The number of hydrogen-bond donors (Lipinski definition) is 5. The zero-order valence-corrected chi connectivity index (χ0v) is 23.0. The van der Waals surface area contributed by atoms with Crippen molar-refractivity contribution in [3.63, 3.8) is 0 Å². The van der Waals surface area contributed by atoms with E-state index < -0.39 is 36.3 Å². The third-order valence-corrected chi connectivity index (χ3v) is 6.09. The van der Waals surface area contributed by atoms with Gasteiger partial charge in [-0.25, -0.2) is 4.79 Å². The second-order valence-corrected chi connectivity index (χ2v) is 9.05. The smallest absolute Gasteiger partial charge is 0.413 e. The van der Waals surface area contributed by atoms with Crippen molar-refractivity contribution >= 4 is 29.7 Å². The van der Waals surface area contributed by atoms with Crippen molar-refractivity contribution in [2.75, 3.05) is 20.3 Å². The van der Waals surface area contributed by atoms with Crippen LogP contribution >= 0.6 is 0 Å². The quantitative estimate of drug-likeness (QED) is 0.119. The summed E-state index contributed by atoms with van der Waals surface area (Å²) in [5, 5.41) is 24.8. The molecule has 11 heteroatoms. The standard InChI is InChI=1S/C31H32N4O7/c1-3-18-42-31(40)35-28(32)23-10-6-21(7-11-23)22-8-12-24(13-9-22)29(38)34-26(19-27(36)37)30(39)33-17-16-20-4-14-25(41-2)15-5-20/h3-15,26H,1,16-19H2,2H3,(H,33,39)(H,34,38)(H,36,37)(H2,32,35,40). The summed E-state index contributed by atoms with van der Waals surface area (Å²) >= 11 is 0. The first kappa shape index (κ1) is 31.1. The van der Waals surface area contributed by atoms with Gasteiger partial charge in [0.1, 0.15) is 24.2 Å². The van der Waals surface area contributed by atoms with E-state index in [0.717, 1.165) is 16.7 Å². The van der Waals surface area contributed by atoms with Crippen molar-refractivity contribution in [3.05, 3.63) is 102 Å². The number of hydrogen-bond acceptors (Lipinski definition) is 7. The Bertz CT molecular complexity index is 1420. The number of methoxy groups -OCH3 is 1. The number of amidine groups is 1. The molecule has 3 rings (SSSR count). The number of carbonyl (C=O) groups is 4. The number of ether oxygens (including phenoxy) is 2. The maximum absolute atomic E-state index is 12.8. The van der Waals surface area contributed by atoms with Gasteiger partial charge in [-0.05, 0) is 47.4 Å². The number of carboxylic acid groups (broad SMARTS) is 1.